The van der Waals surface area contributed by atoms with Crippen LogP contribution in [-0.2, 0) is 6.42 Å². The van der Waals surface area contributed by atoms with Crippen LogP contribution in [0.25, 0.3) is 5.52 Å². The number of halogens is 2. The molecule has 0 bridgehead atoms. The summed E-state index contributed by atoms with van der Waals surface area (Å²) in [6.45, 7) is 0. The number of hydrogen-bond donors (Lipinski definition) is 0. The minimum Gasteiger partial charge on any atom is -1.00 e. The van der Waals surface area contributed by atoms with Crippen molar-refractivity contribution in [2.45, 2.75) is 6.42 Å². The van der Waals surface area contributed by atoms with Crippen molar-refractivity contribution in [2.75, 3.05) is 0 Å². The SMILES string of the molecule is Cl.[Cl-].c1ccc(Cc2cc[n+]3ccncc3c2)cc1. The van der Waals surface area contributed by atoms with Gasteiger partial charge < -0.3 is 12.4 Å². The van der Waals surface area contributed by atoms with Gasteiger partial charge in [-0.2, -0.15) is 4.40 Å². The molecule has 0 N–H and O–H groups in total. The van der Waals surface area contributed by atoms with E-state index in [0.717, 1.165) is 11.9 Å². The standard InChI is InChI=1S/C15H13N2.2ClH/c1-2-4-13(5-3-1)10-14-6-8-17-9-7-16-12-15(17)11-14;;/h1-9,11-12H,10H2;2*1H/q+1;;/p-1. The molecule has 19 heavy (non-hydrogen) atoms. The Kier molecular flexibility index (Phi) is 5.74. The van der Waals surface area contributed by atoms with Crippen LogP contribution in [0, 0.1) is 0 Å². The number of aromatic nitrogens is 2. The number of pyridine rings is 1. The van der Waals surface area contributed by atoms with Crippen molar-refractivity contribution in [2.24, 2.45) is 0 Å². The Morgan fingerprint density at radius 2 is 1.74 bits per heavy atom. The summed E-state index contributed by atoms with van der Waals surface area (Å²) >= 11 is 0. The van der Waals surface area contributed by atoms with Crippen LogP contribution >= 0.6 is 12.4 Å². The van der Waals surface area contributed by atoms with Gasteiger partial charge in [-0.1, -0.05) is 30.3 Å². The lowest BCUT2D eigenvalue weighted by Gasteiger charge is -2.00. The van der Waals surface area contributed by atoms with Crippen molar-refractivity contribution in [1.82, 2.24) is 4.98 Å². The average molecular weight is 293 g/mol. The molecule has 2 heterocycles. The summed E-state index contributed by atoms with van der Waals surface area (Å²) in [4.78, 5) is 4.14. The molecule has 3 aromatic rings. The van der Waals surface area contributed by atoms with Crippen LogP contribution in [0.3, 0.4) is 0 Å². The lowest BCUT2D eigenvalue weighted by Crippen LogP contribution is -3.00. The highest BCUT2D eigenvalue weighted by Gasteiger charge is 2.03. The largest absolute Gasteiger partial charge is 1.00 e. The Hall–Kier alpha value is -1.64. The molecular formula is C15H14Cl2N2. The molecule has 3 rings (SSSR count). The van der Waals surface area contributed by atoms with Crippen molar-refractivity contribution in [3.05, 3.63) is 78.4 Å². The zero-order valence-corrected chi connectivity index (χ0v) is 11.8. The maximum absolute atomic E-state index is 4.14. The van der Waals surface area contributed by atoms with Crippen LogP contribution in [0.2, 0.25) is 0 Å². The summed E-state index contributed by atoms with van der Waals surface area (Å²) < 4.78 is 2.07. The van der Waals surface area contributed by atoms with Gasteiger partial charge in [-0.05, 0) is 17.5 Å². The van der Waals surface area contributed by atoms with Crippen LogP contribution in [0.4, 0.5) is 0 Å². The molecule has 0 aliphatic rings. The van der Waals surface area contributed by atoms with Gasteiger partial charge in [0.1, 0.15) is 0 Å². The van der Waals surface area contributed by atoms with E-state index in [9.17, 15) is 0 Å². The molecule has 0 saturated carbocycles. The van der Waals surface area contributed by atoms with E-state index in [1.807, 2.05) is 18.5 Å². The lowest BCUT2D eigenvalue weighted by atomic mass is 10.1. The van der Waals surface area contributed by atoms with Crippen molar-refractivity contribution in [1.29, 1.82) is 0 Å². The molecule has 98 valence electrons. The van der Waals surface area contributed by atoms with Gasteiger partial charge in [0, 0.05) is 12.1 Å². The smallest absolute Gasteiger partial charge is 0.229 e. The average Bonchev–Trinajstić information content (AvgIpc) is 2.40. The quantitative estimate of drug-likeness (QED) is 0.600. The minimum atomic E-state index is 0. The third-order valence-electron chi connectivity index (χ3n) is 2.85. The molecule has 0 saturated heterocycles. The van der Waals surface area contributed by atoms with Gasteiger partial charge in [-0.25, -0.2) is 0 Å². The molecule has 0 aliphatic carbocycles. The van der Waals surface area contributed by atoms with Crippen LogP contribution in [0.5, 0.6) is 0 Å². The summed E-state index contributed by atoms with van der Waals surface area (Å²) in [5, 5.41) is 0. The van der Waals surface area contributed by atoms with E-state index < -0.39 is 0 Å². The second kappa shape index (κ2) is 7.07. The van der Waals surface area contributed by atoms with E-state index in [4.69, 9.17) is 0 Å². The van der Waals surface area contributed by atoms with E-state index in [1.165, 1.54) is 11.1 Å². The fourth-order valence-corrected chi connectivity index (χ4v) is 1.99. The van der Waals surface area contributed by atoms with E-state index in [1.54, 1.807) is 6.20 Å². The topological polar surface area (TPSA) is 17.0 Å². The van der Waals surface area contributed by atoms with Gasteiger partial charge in [-0.15, -0.1) is 12.4 Å². The molecule has 0 fully saturated rings. The number of benzene rings is 1. The fourth-order valence-electron chi connectivity index (χ4n) is 1.99. The normalized spacial score (nSPS) is 9.47. The number of rotatable bonds is 2. The Morgan fingerprint density at radius 1 is 0.947 bits per heavy atom. The van der Waals surface area contributed by atoms with Crippen LogP contribution in [0.15, 0.2) is 67.3 Å². The predicted octanol–water partition coefficient (Wildman–Crippen LogP) is -0.163. The summed E-state index contributed by atoms with van der Waals surface area (Å²) in [6.07, 6.45) is 8.68. The molecule has 1 aromatic carbocycles. The zero-order chi connectivity index (χ0) is 11.5. The molecule has 0 aliphatic heterocycles. The molecule has 0 spiro atoms. The molecule has 2 aromatic heterocycles. The number of nitrogens with zero attached hydrogens (tertiary/aromatic N) is 2. The molecule has 0 radical (unpaired) electrons. The third kappa shape index (κ3) is 3.66. The summed E-state index contributed by atoms with van der Waals surface area (Å²) in [6, 6.07) is 14.8. The van der Waals surface area contributed by atoms with Crippen molar-refractivity contribution in [3.8, 4) is 0 Å². The Bertz CT molecular complexity index is 642. The van der Waals surface area contributed by atoms with Gasteiger partial charge in [-0.3, -0.25) is 4.98 Å². The maximum atomic E-state index is 4.14. The lowest BCUT2D eigenvalue weighted by molar-refractivity contribution is -0.512. The fraction of sp³-hybridized carbons (Fsp3) is 0.0667. The van der Waals surface area contributed by atoms with Crippen LogP contribution < -0.4 is 16.8 Å². The minimum absolute atomic E-state index is 0. The van der Waals surface area contributed by atoms with Crippen LogP contribution in [-0.4, -0.2) is 4.98 Å². The summed E-state index contributed by atoms with van der Waals surface area (Å²) in [7, 11) is 0. The molecular weight excluding hydrogens is 279 g/mol. The highest BCUT2D eigenvalue weighted by Crippen LogP contribution is 2.09. The van der Waals surface area contributed by atoms with E-state index >= 15 is 0 Å². The Balaban J connectivity index is 0.000000902. The van der Waals surface area contributed by atoms with E-state index in [2.05, 4.69) is 52.0 Å². The first kappa shape index (κ1) is 15.4. The van der Waals surface area contributed by atoms with Gasteiger partial charge in [0.2, 0.25) is 5.52 Å². The first-order valence-electron chi connectivity index (χ1n) is 5.70. The first-order chi connectivity index (χ1) is 8.42. The summed E-state index contributed by atoms with van der Waals surface area (Å²) in [5.41, 5.74) is 3.77. The Morgan fingerprint density at radius 3 is 2.53 bits per heavy atom. The van der Waals surface area contributed by atoms with Crippen molar-refractivity contribution < 1.29 is 16.8 Å². The van der Waals surface area contributed by atoms with E-state index in [-0.39, 0.29) is 24.8 Å². The number of hydrogen-bond acceptors (Lipinski definition) is 1. The zero-order valence-electron chi connectivity index (χ0n) is 10.2. The van der Waals surface area contributed by atoms with Crippen molar-refractivity contribution >= 4 is 17.9 Å². The van der Waals surface area contributed by atoms with Crippen LogP contribution in [0.1, 0.15) is 11.1 Å². The molecule has 4 heteroatoms. The molecule has 0 unspecified atom stereocenters. The highest BCUT2D eigenvalue weighted by atomic mass is 35.5. The van der Waals surface area contributed by atoms with Gasteiger partial charge >= 0.3 is 0 Å². The molecule has 0 atom stereocenters. The predicted molar refractivity (Wildman–Crippen MR) is 73.9 cm³/mol. The van der Waals surface area contributed by atoms with E-state index in [0.29, 0.717) is 0 Å². The summed E-state index contributed by atoms with van der Waals surface area (Å²) in [5.74, 6) is 0. The number of fused-ring (bicyclic) bond motifs is 1. The monoisotopic (exact) mass is 292 g/mol. The maximum Gasteiger partial charge on any atom is 0.229 e. The van der Waals surface area contributed by atoms with Crippen molar-refractivity contribution in [3.63, 3.8) is 0 Å². The highest BCUT2D eigenvalue weighted by molar-refractivity contribution is 5.85. The molecule has 0 amide bonds. The second-order valence-corrected chi connectivity index (χ2v) is 4.11. The first-order valence-corrected chi connectivity index (χ1v) is 5.70. The van der Waals surface area contributed by atoms with Gasteiger partial charge in [0.25, 0.3) is 0 Å². The van der Waals surface area contributed by atoms with Gasteiger partial charge in [0.05, 0.1) is 12.4 Å². The molecule has 2 nitrogen and oxygen atoms in total. The second-order valence-electron chi connectivity index (χ2n) is 4.11. The Labute approximate surface area is 125 Å². The third-order valence-corrected chi connectivity index (χ3v) is 2.85. The van der Waals surface area contributed by atoms with Gasteiger partial charge in [0.15, 0.2) is 12.4 Å².